The molecule has 7 heteroatoms. The van der Waals surface area contributed by atoms with Crippen molar-refractivity contribution >= 4 is 35.1 Å². The average molecular weight is 326 g/mol. The van der Waals surface area contributed by atoms with Crippen molar-refractivity contribution in [2.75, 3.05) is 0 Å². The van der Waals surface area contributed by atoms with Gasteiger partial charge in [-0.1, -0.05) is 29.3 Å². The van der Waals surface area contributed by atoms with Crippen molar-refractivity contribution in [2.24, 2.45) is 0 Å². The molecular weight excluding hydrogens is 317 g/mol. The number of hydrogen-bond donors (Lipinski definition) is 1. The molecule has 0 aliphatic heterocycles. The van der Waals surface area contributed by atoms with Crippen LogP contribution in [0.4, 0.5) is 0 Å². The first-order chi connectivity index (χ1) is 9.97. The number of aromatic carboxylic acids is 1. The Morgan fingerprint density at radius 3 is 2.62 bits per heavy atom. The van der Waals surface area contributed by atoms with Gasteiger partial charge >= 0.3 is 11.9 Å². The molecule has 0 atom stereocenters. The fraction of sp³-hybridized carbons (Fsp3) is 0.0714. The molecule has 108 valence electrons. The van der Waals surface area contributed by atoms with E-state index in [1.807, 2.05) is 0 Å². The number of nitrogens with zero attached hydrogens (tertiary/aromatic N) is 1. The Kier molecular flexibility index (Phi) is 4.77. The summed E-state index contributed by atoms with van der Waals surface area (Å²) >= 11 is 11.5. The average Bonchev–Trinajstić information content (AvgIpc) is 2.44. The maximum atomic E-state index is 11.8. The smallest absolute Gasteiger partial charge is 0.338 e. The molecule has 0 fully saturated rings. The summed E-state index contributed by atoms with van der Waals surface area (Å²) in [6.45, 7) is -0.298. The van der Waals surface area contributed by atoms with Gasteiger partial charge < -0.3 is 9.84 Å². The van der Waals surface area contributed by atoms with Crippen LogP contribution in [-0.4, -0.2) is 22.0 Å². The number of aromatic nitrogens is 1. The summed E-state index contributed by atoms with van der Waals surface area (Å²) < 4.78 is 5.03. The number of rotatable bonds is 4. The number of halogens is 2. The first-order valence-electron chi connectivity index (χ1n) is 5.79. The molecule has 2 rings (SSSR count). The van der Waals surface area contributed by atoms with E-state index in [1.165, 1.54) is 24.3 Å². The summed E-state index contributed by atoms with van der Waals surface area (Å²) in [5.41, 5.74) is 0.269. The number of benzene rings is 1. The third-order valence-electron chi connectivity index (χ3n) is 2.57. The quantitative estimate of drug-likeness (QED) is 0.688. The number of esters is 1. The van der Waals surface area contributed by atoms with Gasteiger partial charge in [0.2, 0.25) is 0 Å². The molecule has 5 nitrogen and oxygen atoms in total. The summed E-state index contributed by atoms with van der Waals surface area (Å²) in [4.78, 5) is 26.8. The molecule has 0 bridgehead atoms. The van der Waals surface area contributed by atoms with E-state index < -0.39 is 11.9 Å². The number of carboxylic acid groups (broad SMARTS) is 1. The summed E-state index contributed by atoms with van der Waals surface area (Å²) in [7, 11) is 0. The molecule has 1 heterocycles. The summed E-state index contributed by atoms with van der Waals surface area (Å²) in [5, 5.41) is 9.55. The van der Waals surface area contributed by atoms with Gasteiger partial charge in [0, 0.05) is 5.02 Å². The van der Waals surface area contributed by atoms with Gasteiger partial charge in [-0.05, 0) is 30.3 Å². The molecule has 1 N–H and O–H groups in total. The van der Waals surface area contributed by atoms with Gasteiger partial charge in [-0.2, -0.15) is 0 Å². The van der Waals surface area contributed by atoms with Crippen LogP contribution in [0.2, 0.25) is 10.2 Å². The number of carboxylic acids is 1. The maximum absolute atomic E-state index is 11.8. The molecule has 0 aliphatic carbocycles. The Morgan fingerprint density at radius 1 is 1.19 bits per heavy atom. The maximum Gasteiger partial charge on any atom is 0.338 e. The zero-order valence-corrected chi connectivity index (χ0v) is 12.1. The van der Waals surface area contributed by atoms with Crippen LogP contribution in [-0.2, 0) is 11.3 Å². The summed E-state index contributed by atoms with van der Waals surface area (Å²) in [6.07, 6.45) is 0. The van der Waals surface area contributed by atoms with Crippen molar-refractivity contribution in [1.29, 1.82) is 0 Å². The second-order valence-electron chi connectivity index (χ2n) is 4.02. The molecule has 0 spiro atoms. The highest BCUT2D eigenvalue weighted by Crippen LogP contribution is 2.15. The molecule has 0 saturated heterocycles. The minimum atomic E-state index is -1.17. The van der Waals surface area contributed by atoms with E-state index in [9.17, 15) is 9.59 Å². The molecule has 0 unspecified atom stereocenters. The summed E-state index contributed by atoms with van der Waals surface area (Å²) in [5.74, 6) is -1.80. The number of carbonyl (C=O) groups excluding carboxylic acids is 1. The lowest BCUT2D eigenvalue weighted by atomic mass is 10.2. The number of carbonyl (C=O) groups is 2. The molecule has 0 aliphatic rings. The van der Waals surface area contributed by atoms with Gasteiger partial charge in [-0.3, -0.25) is 0 Å². The van der Waals surface area contributed by atoms with Crippen molar-refractivity contribution in [2.45, 2.75) is 6.61 Å². The highest BCUT2D eigenvalue weighted by molar-refractivity contribution is 6.31. The van der Waals surface area contributed by atoms with E-state index in [0.717, 1.165) is 0 Å². The first-order valence-corrected chi connectivity index (χ1v) is 6.54. The Labute approximate surface area is 130 Å². The molecule has 21 heavy (non-hydrogen) atoms. The molecule has 1 aromatic heterocycles. The van der Waals surface area contributed by atoms with Crippen molar-refractivity contribution in [3.63, 3.8) is 0 Å². The van der Waals surface area contributed by atoms with E-state index in [2.05, 4.69) is 4.98 Å². The number of pyridine rings is 1. The predicted molar refractivity (Wildman–Crippen MR) is 76.8 cm³/mol. The Hall–Kier alpha value is -2.11. The van der Waals surface area contributed by atoms with E-state index in [1.54, 1.807) is 12.1 Å². The lowest BCUT2D eigenvalue weighted by Gasteiger charge is -2.07. The number of hydrogen-bond acceptors (Lipinski definition) is 4. The van der Waals surface area contributed by atoms with Gasteiger partial charge in [0.1, 0.15) is 11.8 Å². The van der Waals surface area contributed by atoms with E-state index >= 15 is 0 Å². The molecule has 2 aromatic rings. The van der Waals surface area contributed by atoms with Crippen molar-refractivity contribution < 1.29 is 19.4 Å². The lowest BCUT2D eigenvalue weighted by molar-refractivity contribution is 0.0460. The molecular formula is C14H9Cl2NO4. The van der Waals surface area contributed by atoms with Gasteiger partial charge in [0.15, 0.2) is 0 Å². The number of ether oxygens (including phenoxy) is 1. The third-order valence-corrected chi connectivity index (χ3v) is 3.02. The Morgan fingerprint density at radius 2 is 1.95 bits per heavy atom. The van der Waals surface area contributed by atoms with Crippen LogP contribution in [0.25, 0.3) is 0 Å². The minimum absolute atomic E-state index is 0.0710. The monoisotopic (exact) mass is 325 g/mol. The molecule has 0 radical (unpaired) electrons. The van der Waals surface area contributed by atoms with E-state index in [0.29, 0.717) is 5.02 Å². The molecule has 0 amide bonds. The zero-order valence-electron chi connectivity index (χ0n) is 10.5. The highest BCUT2D eigenvalue weighted by Gasteiger charge is 2.15. The van der Waals surface area contributed by atoms with Crippen LogP contribution < -0.4 is 0 Å². The van der Waals surface area contributed by atoms with Crippen LogP contribution >= 0.6 is 23.2 Å². The Balaban J connectivity index is 2.14. The topological polar surface area (TPSA) is 76.5 Å². The molecule has 0 saturated carbocycles. The van der Waals surface area contributed by atoms with Crippen LogP contribution in [0.5, 0.6) is 0 Å². The SMILES string of the molecule is O=C(OCc1nc(Cl)ccc1C(=O)O)c1cccc(Cl)c1. The summed E-state index contributed by atoms with van der Waals surface area (Å²) in [6, 6.07) is 8.89. The van der Waals surface area contributed by atoms with Gasteiger partial charge in [0.05, 0.1) is 16.8 Å². The van der Waals surface area contributed by atoms with Crippen molar-refractivity contribution in [1.82, 2.24) is 4.98 Å². The van der Waals surface area contributed by atoms with Crippen molar-refractivity contribution in [3.8, 4) is 0 Å². The zero-order chi connectivity index (χ0) is 15.4. The lowest BCUT2D eigenvalue weighted by Crippen LogP contribution is -2.10. The second-order valence-corrected chi connectivity index (χ2v) is 4.84. The van der Waals surface area contributed by atoms with Crippen LogP contribution in [0.15, 0.2) is 36.4 Å². The minimum Gasteiger partial charge on any atom is -0.478 e. The van der Waals surface area contributed by atoms with Gasteiger partial charge in [0.25, 0.3) is 0 Å². The standard InChI is InChI=1S/C14H9Cl2NO4/c15-9-3-1-2-8(6-9)14(20)21-7-11-10(13(18)19)4-5-12(16)17-11/h1-6H,7H2,(H,18,19). The van der Waals surface area contributed by atoms with Crippen LogP contribution in [0.1, 0.15) is 26.4 Å². The van der Waals surface area contributed by atoms with E-state index in [-0.39, 0.29) is 28.6 Å². The highest BCUT2D eigenvalue weighted by atomic mass is 35.5. The van der Waals surface area contributed by atoms with Crippen LogP contribution in [0, 0.1) is 0 Å². The fourth-order valence-corrected chi connectivity index (χ4v) is 1.97. The third kappa shape index (κ3) is 3.93. The normalized spacial score (nSPS) is 10.2. The van der Waals surface area contributed by atoms with E-state index in [4.69, 9.17) is 33.0 Å². The van der Waals surface area contributed by atoms with Gasteiger partial charge in [-0.25, -0.2) is 14.6 Å². The van der Waals surface area contributed by atoms with Crippen LogP contribution in [0.3, 0.4) is 0 Å². The molecule has 1 aromatic carbocycles. The fourth-order valence-electron chi connectivity index (χ4n) is 1.61. The largest absolute Gasteiger partial charge is 0.478 e. The predicted octanol–water partition coefficient (Wildman–Crippen LogP) is 3.44. The first kappa shape index (κ1) is 15.3. The van der Waals surface area contributed by atoms with Gasteiger partial charge in [-0.15, -0.1) is 0 Å². The van der Waals surface area contributed by atoms with Crippen molar-refractivity contribution in [3.05, 3.63) is 63.4 Å². The Bertz CT molecular complexity index is 703. The second kappa shape index (κ2) is 6.56.